The number of aryl methyl sites for hydroxylation is 1. The van der Waals surface area contributed by atoms with E-state index >= 15 is 0 Å². The molecule has 1 atom stereocenters. The van der Waals surface area contributed by atoms with Crippen LogP contribution < -0.4 is 5.32 Å². The van der Waals surface area contributed by atoms with Crippen molar-refractivity contribution in [2.24, 2.45) is 0 Å². The van der Waals surface area contributed by atoms with Gasteiger partial charge in [0.2, 0.25) is 0 Å². The second-order valence-electron chi connectivity index (χ2n) is 4.88. The number of hydrogen-bond donors (Lipinski definition) is 3. The number of hydrogen-bond acceptors (Lipinski definition) is 6. The van der Waals surface area contributed by atoms with Crippen molar-refractivity contribution in [3.63, 3.8) is 0 Å². The quantitative estimate of drug-likeness (QED) is 0.511. The Hall–Kier alpha value is -1.57. The maximum absolute atomic E-state index is 11.0. The lowest BCUT2D eigenvalue weighted by Crippen LogP contribution is -2.40. The topological polar surface area (TPSA) is 109 Å². The Labute approximate surface area is 111 Å². The summed E-state index contributed by atoms with van der Waals surface area (Å²) in [4.78, 5) is 14.7. The zero-order valence-electron chi connectivity index (χ0n) is 11.3. The van der Waals surface area contributed by atoms with Crippen LogP contribution in [0, 0.1) is 24.0 Å². The van der Waals surface area contributed by atoms with Gasteiger partial charge in [-0.2, -0.15) is 0 Å². The van der Waals surface area contributed by atoms with Gasteiger partial charge in [0.1, 0.15) is 0 Å². The summed E-state index contributed by atoms with van der Waals surface area (Å²) < 4.78 is 0. The van der Waals surface area contributed by atoms with Crippen molar-refractivity contribution in [3.8, 4) is 0 Å². The number of aliphatic hydroxyl groups is 2. The predicted molar refractivity (Wildman–Crippen MR) is 69.8 cm³/mol. The predicted octanol–water partition coefficient (Wildman–Crippen LogP) is 0.440. The van der Waals surface area contributed by atoms with Crippen LogP contribution in [0.3, 0.4) is 0 Å². The number of nitrogens with one attached hydrogen (secondary N) is 1. The minimum absolute atomic E-state index is 0.0701. The van der Waals surface area contributed by atoms with Gasteiger partial charge in [0.15, 0.2) is 0 Å². The van der Waals surface area contributed by atoms with Crippen molar-refractivity contribution in [2.75, 3.05) is 13.2 Å². The molecule has 3 N–H and O–H groups in total. The van der Waals surface area contributed by atoms with E-state index in [4.69, 9.17) is 5.11 Å². The number of nitro groups is 1. The van der Waals surface area contributed by atoms with Crippen molar-refractivity contribution < 1.29 is 15.1 Å². The summed E-state index contributed by atoms with van der Waals surface area (Å²) in [6, 6.07) is 0. The van der Waals surface area contributed by atoms with E-state index in [9.17, 15) is 15.2 Å². The highest BCUT2D eigenvalue weighted by Crippen LogP contribution is 2.23. The van der Waals surface area contributed by atoms with E-state index in [-0.39, 0.29) is 18.8 Å². The van der Waals surface area contributed by atoms with Gasteiger partial charge in [0.05, 0.1) is 22.8 Å². The summed E-state index contributed by atoms with van der Waals surface area (Å²) in [5.41, 5.74) is 0.450. The van der Waals surface area contributed by atoms with E-state index in [0.717, 1.165) is 0 Å². The molecule has 0 saturated heterocycles. The zero-order valence-corrected chi connectivity index (χ0v) is 11.3. The van der Waals surface area contributed by atoms with Crippen LogP contribution in [0.4, 0.5) is 5.69 Å². The molecule has 1 aromatic heterocycles. The van der Waals surface area contributed by atoms with E-state index in [1.807, 2.05) is 0 Å². The Morgan fingerprint density at radius 1 is 1.53 bits per heavy atom. The van der Waals surface area contributed by atoms with Gasteiger partial charge in [0, 0.05) is 30.4 Å². The van der Waals surface area contributed by atoms with E-state index < -0.39 is 10.5 Å². The molecule has 19 heavy (non-hydrogen) atoms. The summed E-state index contributed by atoms with van der Waals surface area (Å²) in [6.07, 6.45) is 1.46. The molecule has 0 fully saturated rings. The standard InChI is InChI=1S/C12H19N3O4/c1-8-4-14-10(9(2)11(8)15(18)19)5-13-6-12(3,17)7-16/h4,13,16-17H,5-7H2,1-3H3. The average Bonchev–Trinajstić information content (AvgIpc) is 2.31. The summed E-state index contributed by atoms with van der Waals surface area (Å²) in [6.45, 7) is 4.90. The van der Waals surface area contributed by atoms with Crippen molar-refractivity contribution in [2.45, 2.75) is 32.9 Å². The third-order valence-electron chi connectivity index (χ3n) is 2.90. The number of pyridine rings is 1. The second kappa shape index (κ2) is 6.05. The molecular formula is C12H19N3O4. The molecule has 1 unspecified atom stereocenters. The van der Waals surface area contributed by atoms with Gasteiger partial charge in [-0.25, -0.2) is 0 Å². The molecule has 0 aliphatic heterocycles. The van der Waals surface area contributed by atoms with Crippen LogP contribution in [0.2, 0.25) is 0 Å². The number of aromatic nitrogens is 1. The van der Waals surface area contributed by atoms with Gasteiger partial charge in [-0.1, -0.05) is 0 Å². The van der Waals surface area contributed by atoms with Gasteiger partial charge < -0.3 is 15.5 Å². The molecule has 0 radical (unpaired) electrons. The smallest absolute Gasteiger partial charge is 0.278 e. The fraction of sp³-hybridized carbons (Fsp3) is 0.583. The molecule has 106 valence electrons. The lowest BCUT2D eigenvalue weighted by Gasteiger charge is -2.20. The Morgan fingerprint density at radius 2 is 2.16 bits per heavy atom. The van der Waals surface area contributed by atoms with Gasteiger partial charge in [-0.15, -0.1) is 0 Å². The fourth-order valence-corrected chi connectivity index (χ4v) is 1.73. The largest absolute Gasteiger partial charge is 0.393 e. The minimum atomic E-state index is -1.22. The maximum atomic E-state index is 11.0. The molecule has 7 heteroatoms. The number of nitrogens with zero attached hydrogens (tertiary/aromatic N) is 2. The molecule has 0 spiro atoms. The van der Waals surface area contributed by atoms with Crippen molar-refractivity contribution >= 4 is 5.69 Å². The van der Waals surface area contributed by atoms with Crippen LogP contribution in [-0.4, -0.2) is 38.9 Å². The van der Waals surface area contributed by atoms with Gasteiger partial charge in [-0.3, -0.25) is 15.1 Å². The summed E-state index contributed by atoms with van der Waals surface area (Å²) in [5.74, 6) is 0. The van der Waals surface area contributed by atoms with Gasteiger partial charge in [0.25, 0.3) is 5.69 Å². The molecule has 1 rings (SSSR count). The molecule has 0 aliphatic carbocycles. The van der Waals surface area contributed by atoms with Crippen LogP contribution >= 0.6 is 0 Å². The molecule has 0 saturated carbocycles. The fourth-order valence-electron chi connectivity index (χ4n) is 1.73. The molecule has 0 aromatic carbocycles. The zero-order chi connectivity index (χ0) is 14.6. The Balaban J connectivity index is 2.81. The van der Waals surface area contributed by atoms with E-state index in [1.165, 1.54) is 13.1 Å². The van der Waals surface area contributed by atoms with E-state index in [0.29, 0.717) is 23.4 Å². The lowest BCUT2D eigenvalue weighted by atomic mass is 10.1. The van der Waals surface area contributed by atoms with Gasteiger partial charge in [-0.05, 0) is 20.8 Å². The maximum Gasteiger partial charge on any atom is 0.278 e. The van der Waals surface area contributed by atoms with Crippen molar-refractivity contribution in [1.29, 1.82) is 0 Å². The summed E-state index contributed by atoms with van der Waals surface area (Å²) >= 11 is 0. The number of aliphatic hydroxyl groups excluding tert-OH is 1. The number of rotatable bonds is 6. The molecule has 0 amide bonds. The summed E-state index contributed by atoms with van der Waals surface area (Å²) in [7, 11) is 0. The highest BCUT2D eigenvalue weighted by molar-refractivity contribution is 5.47. The van der Waals surface area contributed by atoms with E-state index in [1.54, 1.807) is 13.8 Å². The molecule has 0 aliphatic rings. The Bertz CT molecular complexity index is 474. The van der Waals surface area contributed by atoms with E-state index in [2.05, 4.69) is 10.3 Å². The highest BCUT2D eigenvalue weighted by Gasteiger charge is 2.21. The lowest BCUT2D eigenvalue weighted by molar-refractivity contribution is -0.386. The third-order valence-corrected chi connectivity index (χ3v) is 2.90. The van der Waals surface area contributed by atoms with Crippen LogP contribution in [0.25, 0.3) is 0 Å². The molecule has 7 nitrogen and oxygen atoms in total. The van der Waals surface area contributed by atoms with Gasteiger partial charge >= 0.3 is 0 Å². The van der Waals surface area contributed by atoms with Crippen LogP contribution in [0.5, 0.6) is 0 Å². The first-order chi connectivity index (χ1) is 8.78. The summed E-state index contributed by atoms with van der Waals surface area (Å²) in [5, 5.41) is 32.4. The molecule has 0 bridgehead atoms. The second-order valence-corrected chi connectivity index (χ2v) is 4.88. The van der Waals surface area contributed by atoms with Crippen molar-refractivity contribution in [1.82, 2.24) is 10.3 Å². The molecule has 1 aromatic rings. The highest BCUT2D eigenvalue weighted by atomic mass is 16.6. The molecule has 1 heterocycles. The minimum Gasteiger partial charge on any atom is -0.393 e. The normalized spacial score (nSPS) is 14.2. The molecular weight excluding hydrogens is 250 g/mol. The van der Waals surface area contributed by atoms with Crippen LogP contribution in [-0.2, 0) is 6.54 Å². The average molecular weight is 269 g/mol. The third kappa shape index (κ3) is 3.95. The monoisotopic (exact) mass is 269 g/mol. The SMILES string of the molecule is Cc1cnc(CNCC(C)(O)CO)c(C)c1[N+](=O)[O-]. The van der Waals surface area contributed by atoms with Crippen molar-refractivity contribution in [3.05, 3.63) is 33.1 Å². The van der Waals surface area contributed by atoms with Crippen LogP contribution in [0.15, 0.2) is 6.20 Å². The first-order valence-electron chi connectivity index (χ1n) is 5.92. The Kier molecular flexibility index (Phi) is 4.93. The first kappa shape index (κ1) is 15.5. The Morgan fingerprint density at radius 3 is 2.68 bits per heavy atom. The first-order valence-corrected chi connectivity index (χ1v) is 5.92. The van der Waals surface area contributed by atoms with Crippen LogP contribution in [0.1, 0.15) is 23.7 Å².